The minimum absolute atomic E-state index is 0.0663. The van der Waals surface area contributed by atoms with Gasteiger partial charge in [0.15, 0.2) is 0 Å². The van der Waals surface area contributed by atoms with Crippen LogP contribution in [0.4, 0.5) is 13.2 Å². The Balaban J connectivity index is 3.14. The zero-order valence-electron chi connectivity index (χ0n) is 11.0. The molecule has 114 valence electrons. The highest BCUT2D eigenvalue weighted by Crippen LogP contribution is 2.34. The molecule has 0 aliphatic heterocycles. The Morgan fingerprint density at radius 3 is 2.45 bits per heavy atom. The number of halogens is 4. The number of alkyl halides is 4. The van der Waals surface area contributed by atoms with Crippen molar-refractivity contribution in [3.63, 3.8) is 0 Å². The van der Waals surface area contributed by atoms with E-state index in [-0.39, 0.29) is 21.8 Å². The summed E-state index contributed by atoms with van der Waals surface area (Å²) in [5.74, 6) is 0. The fourth-order valence-corrected chi connectivity index (χ4v) is 3.36. The average molecular weight is 374 g/mol. The van der Waals surface area contributed by atoms with Crippen molar-refractivity contribution in [2.45, 2.75) is 36.2 Å². The Bertz CT molecular complexity index is 573. The third kappa shape index (κ3) is 4.20. The molecule has 0 fully saturated rings. The van der Waals surface area contributed by atoms with Crippen LogP contribution in [0.1, 0.15) is 24.5 Å². The first kappa shape index (κ1) is 17.5. The van der Waals surface area contributed by atoms with Gasteiger partial charge in [-0.05, 0) is 31.0 Å². The van der Waals surface area contributed by atoms with Gasteiger partial charge in [0.05, 0.1) is 10.5 Å². The molecule has 1 aromatic carbocycles. The molecule has 1 atom stereocenters. The minimum atomic E-state index is -4.57. The van der Waals surface area contributed by atoms with Gasteiger partial charge in [-0.1, -0.05) is 28.9 Å². The van der Waals surface area contributed by atoms with Gasteiger partial charge in [0.2, 0.25) is 10.0 Å². The van der Waals surface area contributed by atoms with Crippen LogP contribution in [0.2, 0.25) is 0 Å². The van der Waals surface area contributed by atoms with Crippen LogP contribution in [0.25, 0.3) is 0 Å². The lowest BCUT2D eigenvalue weighted by Gasteiger charge is -2.15. The van der Waals surface area contributed by atoms with E-state index in [1.807, 2.05) is 6.92 Å². The van der Waals surface area contributed by atoms with Crippen LogP contribution in [0.3, 0.4) is 0 Å². The highest BCUT2D eigenvalue weighted by molar-refractivity contribution is 9.09. The van der Waals surface area contributed by atoms with Crippen molar-refractivity contribution in [1.82, 2.24) is 4.72 Å². The highest BCUT2D eigenvalue weighted by Gasteiger charge is 2.34. The van der Waals surface area contributed by atoms with Crippen LogP contribution in [0.15, 0.2) is 23.1 Å². The van der Waals surface area contributed by atoms with E-state index in [0.717, 1.165) is 19.1 Å². The van der Waals surface area contributed by atoms with E-state index in [9.17, 15) is 21.6 Å². The molecule has 0 saturated carbocycles. The van der Waals surface area contributed by atoms with Gasteiger partial charge in [0.1, 0.15) is 0 Å². The van der Waals surface area contributed by atoms with Gasteiger partial charge >= 0.3 is 6.18 Å². The van der Waals surface area contributed by atoms with Gasteiger partial charge in [0, 0.05) is 11.4 Å². The summed E-state index contributed by atoms with van der Waals surface area (Å²) < 4.78 is 64.7. The number of sulfonamides is 1. The normalized spacial score (nSPS) is 14.3. The Morgan fingerprint density at radius 1 is 1.35 bits per heavy atom. The smallest absolute Gasteiger partial charge is 0.210 e. The van der Waals surface area contributed by atoms with E-state index in [2.05, 4.69) is 20.7 Å². The number of rotatable bonds is 5. The fourth-order valence-electron chi connectivity index (χ4n) is 1.63. The Hall–Kier alpha value is -0.600. The van der Waals surface area contributed by atoms with Gasteiger partial charge in [-0.25, -0.2) is 13.1 Å². The summed E-state index contributed by atoms with van der Waals surface area (Å²) in [6, 6.07) is 3.13. The molecule has 0 bridgehead atoms. The molecule has 1 unspecified atom stereocenters. The summed E-state index contributed by atoms with van der Waals surface area (Å²) in [6.45, 7) is 3.14. The number of hydrogen-bond acceptors (Lipinski definition) is 2. The largest absolute Gasteiger partial charge is 0.416 e. The van der Waals surface area contributed by atoms with Gasteiger partial charge in [-0.3, -0.25) is 0 Å². The van der Waals surface area contributed by atoms with Crippen molar-refractivity contribution in [3.8, 4) is 0 Å². The lowest BCUT2D eigenvalue weighted by atomic mass is 10.1. The third-order valence-corrected chi connectivity index (χ3v) is 5.36. The molecule has 0 aromatic heterocycles. The van der Waals surface area contributed by atoms with Crippen molar-refractivity contribution in [3.05, 3.63) is 29.3 Å². The first-order chi connectivity index (χ1) is 9.09. The molecule has 0 aliphatic carbocycles. The van der Waals surface area contributed by atoms with E-state index in [0.29, 0.717) is 6.42 Å². The summed E-state index contributed by atoms with van der Waals surface area (Å²) in [6.07, 6.45) is -3.87. The first-order valence-electron chi connectivity index (χ1n) is 5.90. The molecule has 1 rings (SSSR count). The molecule has 0 aliphatic rings. The van der Waals surface area contributed by atoms with Crippen molar-refractivity contribution in [1.29, 1.82) is 0 Å². The Morgan fingerprint density at radius 2 is 1.95 bits per heavy atom. The summed E-state index contributed by atoms with van der Waals surface area (Å²) >= 11 is 3.26. The maximum atomic E-state index is 12.8. The predicted octanol–water partition coefficient (Wildman–Crippen LogP) is 3.47. The van der Waals surface area contributed by atoms with Crippen LogP contribution in [-0.4, -0.2) is 19.8 Å². The zero-order valence-corrected chi connectivity index (χ0v) is 13.4. The predicted molar refractivity (Wildman–Crippen MR) is 74.4 cm³/mol. The van der Waals surface area contributed by atoms with Crippen LogP contribution < -0.4 is 4.72 Å². The fraction of sp³-hybridized carbons (Fsp3) is 0.500. The molecular weight excluding hydrogens is 359 g/mol. The van der Waals surface area contributed by atoms with E-state index < -0.39 is 21.8 Å². The second kappa shape index (κ2) is 6.44. The maximum Gasteiger partial charge on any atom is 0.416 e. The second-order valence-electron chi connectivity index (χ2n) is 4.28. The van der Waals surface area contributed by atoms with E-state index in [4.69, 9.17) is 0 Å². The first-order valence-corrected chi connectivity index (χ1v) is 8.30. The molecule has 0 amide bonds. The van der Waals surface area contributed by atoms with Crippen molar-refractivity contribution >= 4 is 26.0 Å². The number of nitrogens with one attached hydrogen (secondary N) is 1. The van der Waals surface area contributed by atoms with Gasteiger partial charge in [-0.2, -0.15) is 13.2 Å². The van der Waals surface area contributed by atoms with Crippen molar-refractivity contribution in [2.75, 3.05) is 6.54 Å². The molecule has 0 spiro atoms. The van der Waals surface area contributed by atoms with Crippen molar-refractivity contribution < 1.29 is 21.6 Å². The summed E-state index contributed by atoms with van der Waals surface area (Å²) in [4.78, 5) is -0.411. The number of hydrogen-bond donors (Lipinski definition) is 1. The van der Waals surface area contributed by atoms with Gasteiger partial charge in [0.25, 0.3) is 0 Å². The van der Waals surface area contributed by atoms with Crippen LogP contribution in [0, 0.1) is 6.92 Å². The van der Waals surface area contributed by atoms with Gasteiger partial charge in [-0.15, -0.1) is 0 Å². The van der Waals surface area contributed by atoms with E-state index in [1.54, 1.807) is 0 Å². The van der Waals surface area contributed by atoms with E-state index >= 15 is 0 Å². The zero-order chi connectivity index (χ0) is 15.6. The molecule has 0 heterocycles. The highest BCUT2D eigenvalue weighted by atomic mass is 79.9. The van der Waals surface area contributed by atoms with E-state index in [1.165, 1.54) is 6.07 Å². The Labute approximate surface area is 124 Å². The summed E-state index contributed by atoms with van der Waals surface area (Å²) in [5.41, 5.74) is -1.23. The number of benzene rings is 1. The molecule has 8 heteroatoms. The topological polar surface area (TPSA) is 46.2 Å². The van der Waals surface area contributed by atoms with Gasteiger partial charge < -0.3 is 0 Å². The molecular formula is C12H15BrF3NO2S. The quantitative estimate of drug-likeness (QED) is 0.803. The lowest BCUT2D eigenvalue weighted by Crippen LogP contribution is -2.30. The maximum absolute atomic E-state index is 12.8. The molecule has 20 heavy (non-hydrogen) atoms. The molecule has 3 nitrogen and oxygen atoms in total. The Kier molecular flexibility index (Phi) is 5.62. The molecule has 1 N–H and O–H groups in total. The summed E-state index contributed by atoms with van der Waals surface area (Å²) in [5, 5.41) is 0. The van der Waals surface area contributed by atoms with Crippen LogP contribution >= 0.6 is 15.9 Å². The minimum Gasteiger partial charge on any atom is -0.210 e. The second-order valence-corrected chi connectivity index (χ2v) is 7.31. The SMILES string of the molecule is CCC(Br)CNS(=O)(=O)c1cccc(C(F)(F)F)c1C. The van der Waals surface area contributed by atoms with Crippen molar-refractivity contribution in [2.24, 2.45) is 0 Å². The monoisotopic (exact) mass is 373 g/mol. The standard InChI is InChI=1S/C12H15BrF3NO2S/c1-3-9(13)7-17-20(18,19)11-6-4-5-10(8(11)2)12(14,15)16/h4-6,9,17H,3,7H2,1-2H3. The third-order valence-electron chi connectivity index (χ3n) is 2.82. The van der Waals surface area contributed by atoms with Crippen LogP contribution in [-0.2, 0) is 16.2 Å². The summed E-state index contributed by atoms with van der Waals surface area (Å²) in [7, 11) is -3.96. The molecule has 0 radical (unpaired) electrons. The average Bonchev–Trinajstić information content (AvgIpc) is 2.34. The molecule has 1 aromatic rings. The molecule has 0 saturated heterocycles. The van der Waals surface area contributed by atoms with Crippen LogP contribution in [0.5, 0.6) is 0 Å². The lowest BCUT2D eigenvalue weighted by molar-refractivity contribution is -0.138.